The molecule has 0 radical (unpaired) electrons. The van der Waals surface area contributed by atoms with Crippen LogP contribution in [0.3, 0.4) is 0 Å². The molecule has 238 valence electrons. The van der Waals surface area contributed by atoms with Gasteiger partial charge < -0.3 is 9.80 Å². The van der Waals surface area contributed by atoms with Crippen molar-refractivity contribution < 1.29 is 11.0 Å². The molecule has 0 spiro atoms. The van der Waals surface area contributed by atoms with Crippen LogP contribution >= 0.6 is 0 Å². The number of rotatable bonds is 9. The van der Waals surface area contributed by atoms with E-state index < -0.39 is 24.2 Å². The Morgan fingerprint density at radius 3 is 1.16 bits per heavy atom. The molecular weight excluding hydrogens is 605 g/mol. The zero-order valence-electron chi connectivity index (χ0n) is 35.1. The van der Waals surface area contributed by atoms with Crippen molar-refractivity contribution in [2.75, 3.05) is 9.80 Å². The van der Waals surface area contributed by atoms with Gasteiger partial charge in [0.05, 0.1) is 16.7 Å². The third-order valence-electron chi connectivity index (χ3n) is 8.40. The average molecular weight is 649 g/mol. The monoisotopic (exact) mass is 648 g/mol. The summed E-state index contributed by atoms with van der Waals surface area (Å²) in [5.74, 6) is 0. The van der Waals surface area contributed by atoms with E-state index in [2.05, 4.69) is 29.2 Å². The van der Waals surface area contributed by atoms with Gasteiger partial charge >= 0.3 is 0 Å². The van der Waals surface area contributed by atoms with Crippen LogP contribution in [0.2, 0.25) is 0 Å². The molecule has 0 fully saturated rings. The van der Waals surface area contributed by atoms with Gasteiger partial charge in [0, 0.05) is 34.0 Å². The zero-order valence-corrected chi connectivity index (χ0v) is 27.1. The van der Waals surface area contributed by atoms with Gasteiger partial charge in [0.2, 0.25) is 0 Å². The first-order valence-electron chi connectivity index (χ1n) is 20.4. The van der Waals surface area contributed by atoms with Crippen LogP contribution in [0, 0.1) is 0 Å². The third-order valence-corrected chi connectivity index (χ3v) is 8.40. The van der Waals surface area contributed by atoms with Gasteiger partial charge in [-0.1, -0.05) is 152 Å². The van der Waals surface area contributed by atoms with Gasteiger partial charge in [0.25, 0.3) is 0 Å². The molecule has 8 aromatic carbocycles. The van der Waals surface area contributed by atoms with Crippen LogP contribution in [-0.4, -0.2) is 0 Å². The van der Waals surface area contributed by atoms with E-state index in [-0.39, 0.29) is 46.5 Å². The van der Waals surface area contributed by atoms with Crippen LogP contribution in [0.25, 0.3) is 33.4 Å². The Kier molecular flexibility index (Phi) is 6.50. The van der Waals surface area contributed by atoms with E-state index in [1.807, 2.05) is 133 Å². The molecule has 50 heavy (non-hydrogen) atoms. The summed E-state index contributed by atoms with van der Waals surface area (Å²) >= 11 is 0. The maximum absolute atomic E-state index is 9.17. The maximum Gasteiger partial charge on any atom is 0.0645 e. The Balaban J connectivity index is 1.23. The van der Waals surface area contributed by atoms with Crippen LogP contribution in [-0.2, 0) is 0 Å². The predicted molar refractivity (Wildman–Crippen MR) is 212 cm³/mol. The fraction of sp³-hybridized carbons (Fsp3) is 0. The van der Waals surface area contributed by atoms with Gasteiger partial charge in [0.15, 0.2) is 0 Å². The highest BCUT2D eigenvalue weighted by Gasteiger charge is 2.17. The van der Waals surface area contributed by atoms with Crippen LogP contribution < -0.4 is 9.80 Å². The molecule has 0 aromatic heterocycles. The number of nitrogens with zero attached hydrogens (tertiary/aromatic N) is 2. The van der Waals surface area contributed by atoms with E-state index in [0.717, 1.165) is 28.2 Å². The van der Waals surface area contributed by atoms with Crippen LogP contribution in [0.1, 0.15) is 11.0 Å². The van der Waals surface area contributed by atoms with Crippen molar-refractivity contribution >= 4 is 34.1 Å². The van der Waals surface area contributed by atoms with Gasteiger partial charge in [-0.3, -0.25) is 0 Å². The second kappa shape index (κ2) is 14.2. The molecule has 0 saturated carbocycles. The van der Waals surface area contributed by atoms with Gasteiger partial charge in [0.1, 0.15) is 0 Å². The summed E-state index contributed by atoms with van der Waals surface area (Å²) in [7, 11) is 0. The number of anilines is 6. The number of hydrogen-bond acceptors (Lipinski definition) is 2. The zero-order chi connectivity index (χ0) is 40.5. The van der Waals surface area contributed by atoms with Crippen molar-refractivity contribution in [2.24, 2.45) is 0 Å². The summed E-state index contributed by atoms with van der Waals surface area (Å²) in [6.45, 7) is 0. The Morgan fingerprint density at radius 2 is 0.640 bits per heavy atom. The van der Waals surface area contributed by atoms with Crippen LogP contribution in [0.4, 0.5) is 34.1 Å². The van der Waals surface area contributed by atoms with E-state index in [1.54, 1.807) is 17.0 Å². The Hall–Kier alpha value is -6.64. The van der Waals surface area contributed by atoms with E-state index in [9.17, 15) is 0 Å². The minimum Gasteiger partial charge on any atom is -0.311 e. The molecular formula is C48H36N2. The molecule has 2 heteroatoms. The van der Waals surface area contributed by atoms with Gasteiger partial charge in [-0.25, -0.2) is 0 Å². The summed E-state index contributed by atoms with van der Waals surface area (Å²) in [6.07, 6.45) is 0. The number of para-hydroxylation sites is 4. The molecule has 0 aliphatic carbocycles. The minimum atomic E-state index is -0.470. The molecule has 0 heterocycles. The normalized spacial score (nSPS) is 13.0. The highest BCUT2D eigenvalue weighted by molar-refractivity contribution is 5.88. The molecule has 0 amide bonds. The van der Waals surface area contributed by atoms with Crippen molar-refractivity contribution in [2.45, 2.75) is 0 Å². The summed E-state index contributed by atoms with van der Waals surface area (Å²) in [4.78, 5) is 3.78. The highest BCUT2D eigenvalue weighted by atomic mass is 15.1. The molecule has 0 saturated heterocycles. The second-order valence-electron chi connectivity index (χ2n) is 11.6. The van der Waals surface area contributed by atoms with E-state index >= 15 is 0 Å². The molecule has 0 unspecified atom stereocenters. The van der Waals surface area contributed by atoms with Gasteiger partial charge in [-0.05, 0) is 94.5 Å². The summed E-state index contributed by atoms with van der Waals surface area (Å²) in [6, 6.07) is 50.4. The largest absolute Gasteiger partial charge is 0.311 e. The second-order valence-corrected chi connectivity index (χ2v) is 11.6. The highest BCUT2D eigenvalue weighted by Crippen LogP contribution is 2.41. The Bertz CT molecular complexity index is 2650. The molecule has 0 aliphatic rings. The first kappa shape index (κ1) is 22.8. The third kappa shape index (κ3) is 6.43. The van der Waals surface area contributed by atoms with Crippen LogP contribution in [0.5, 0.6) is 0 Å². The fourth-order valence-electron chi connectivity index (χ4n) is 6.00. The van der Waals surface area contributed by atoms with E-state index in [0.29, 0.717) is 16.9 Å². The van der Waals surface area contributed by atoms with Crippen molar-refractivity contribution in [3.8, 4) is 33.4 Å². The molecule has 0 N–H and O–H groups in total. The molecule has 0 atom stereocenters. The maximum atomic E-state index is 9.17. The molecule has 8 aromatic rings. The molecule has 2 nitrogen and oxygen atoms in total. The van der Waals surface area contributed by atoms with Crippen molar-refractivity contribution in [3.05, 3.63) is 218 Å². The molecule has 0 bridgehead atoms. The molecule has 8 rings (SSSR count). The first-order chi connectivity index (χ1) is 28.2. The van der Waals surface area contributed by atoms with Crippen molar-refractivity contribution in [3.63, 3.8) is 0 Å². The minimum absolute atomic E-state index is 0.000876. The quantitative estimate of drug-likeness (QED) is 0.154. The summed E-state index contributed by atoms with van der Waals surface area (Å²) < 4.78 is 73.2. The van der Waals surface area contributed by atoms with Gasteiger partial charge in [-0.15, -0.1) is 0 Å². The summed E-state index contributed by atoms with van der Waals surface area (Å²) in [5.41, 5.74) is 5.93. The lowest BCUT2D eigenvalue weighted by atomic mass is 9.99. The van der Waals surface area contributed by atoms with Gasteiger partial charge in [-0.2, -0.15) is 0 Å². The van der Waals surface area contributed by atoms with E-state index in [4.69, 9.17) is 11.0 Å². The topological polar surface area (TPSA) is 6.48 Å². The first-order valence-corrected chi connectivity index (χ1v) is 16.4. The standard InChI is InChI=1S/C48H36N2/c1-5-15-41(16-6-1)47-23-13-14-24-48(47)50(44-21-11-4-12-22-44)46-35-31-40(32-36-46)38-27-25-37(26-28-38)39-29-33-45(34-30-39)49(42-17-7-2-8-18-42)43-19-9-3-10-20-43/h1-36H/i25D,26D,27D,28D,29D,30D,33D,34D. The average Bonchev–Trinajstić information content (AvgIpc) is 3.27. The smallest absolute Gasteiger partial charge is 0.0645 e. The Morgan fingerprint density at radius 1 is 0.260 bits per heavy atom. The number of hydrogen-bond donors (Lipinski definition) is 0. The van der Waals surface area contributed by atoms with Crippen LogP contribution in [0.15, 0.2) is 218 Å². The molecule has 0 aliphatic heterocycles. The van der Waals surface area contributed by atoms with E-state index in [1.165, 1.54) is 0 Å². The SMILES string of the molecule is [2H]c1c([2H])c(-c2c([2H])c([2H])c(N(c3ccccc3)c3ccccc3)c([2H])c2[2H])c([2H])c([2H])c1-c1ccc(N(c2ccccc2)c2ccccc2-c2ccccc2)cc1. The fourth-order valence-corrected chi connectivity index (χ4v) is 6.00. The number of benzene rings is 8. The predicted octanol–water partition coefficient (Wildman–Crippen LogP) is 13.6. The summed E-state index contributed by atoms with van der Waals surface area (Å²) in [5, 5.41) is 0. The van der Waals surface area contributed by atoms with Crippen molar-refractivity contribution in [1.29, 1.82) is 0 Å². The van der Waals surface area contributed by atoms with Crippen molar-refractivity contribution in [1.82, 2.24) is 0 Å². The lowest BCUT2D eigenvalue weighted by Crippen LogP contribution is -2.11. The lowest BCUT2D eigenvalue weighted by molar-refractivity contribution is 1.28. The lowest BCUT2D eigenvalue weighted by Gasteiger charge is -2.28. The Labute approximate surface area is 306 Å².